The molecule has 2 aromatic rings. The summed E-state index contributed by atoms with van der Waals surface area (Å²) in [7, 11) is -3.55. The topological polar surface area (TPSA) is 88.6 Å². The van der Waals surface area contributed by atoms with Crippen molar-refractivity contribution < 1.29 is 17.9 Å². The number of ether oxygens (including phenoxy) is 1. The van der Waals surface area contributed by atoms with E-state index >= 15 is 0 Å². The molecule has 1 aliphatic heterocycles. The molecule has 0 unspecified atom stereocenters. The van der Waals surface area contributed by atoms with Gasteiger partial charge in [0.15, 0.2) is 0 Å². The molecule has 9 heteroatoms. The summed E-state index contributed by atoms with van der Waals surface area (Å²) in [4.78, 5) is 16.3. The van der Waals surface area contributed by atoms with E-state index in [4.69, 9.17) is 4.74 Å². The molecule has 1 N–H and O–H groups in total. The van der Waals surface area contributed by atoms with E-state index in [0.29, 0.717) is 37.9 Å². The van der Waals surface area contributed by atoms with E-state index in [1.165, 1.54) is 33.9 Å². The van der Waals surface area contributed by atoms with Gasteiger partial charge in [-0.1, -0.05) is 42.1 Å². The van der Waals surface area contributed by atoms with Gasteiger partial charge in [-0.3, -0.25) is 4.79 Å². The van der Waals surface area contributed by atoms with Crippen molar-refractivity contribution in [3.05, 3.63) is 54.2 Å². The molecule has 1 saturated heterocycles. The molecular weight excluding hydrogens is 398 g/mol. The standard InChI is InChI=1S/C19H23N3O4S2/c23-18(20-9-8-16-4-2-1-3-5-16)15-27-19-7-6-17(14-21-19)28(24,25)22-10-12-26-13-11-22/h1-7,14H,8-13,15H2,(H,20,23). The first-order valence-corrected chi connectivity index (χ1v) is 11.5. The van der Waals surface area contributed by atoms with E-state index in [0.717, 1.165) is 6.42 Å². The van der Waals surface area contributed by atoms with Gasteiger partial charge < -0.3 is 10.1 Å². The van der Waals surface area contributed by atoms with Crippen molar-refractivity contribution >= 4 is 27.7 Å². The van der Waals surface area contributed by atoms with Crippen molar-refractivity contribution in [2.45, 2.75) is 16.3 Å². The van der Waals surface area contributed by atoms with Crippen LogP contribution in [0.1, 0.15) is 5.56 Å². The molecule has 1 fully saturated rings. The molecule has 0 spiro atoms. The van der Waals surface area contributed by atoms with E-state index in [2.05, 4.69) is 10.3 Å². The molecule has 1 aliphatic rings. The van der Waals surface area contributed by atoms with E-state index in [1.54, 1.807) is 6.07 Å². The molecule has 0 bridgehead atoms. The maximum absolute atomic E-state index is 12.6. The molecule has 0 saturated carbocycles. The fraction of sp³-hybridized carbons (Fsp3) is 0.368. The number of rotatable bonds is 8. The van der Waals surface area contributed by atoms with Gasteiger partial charge in [-0.15, -0.1) is 0 Å². The number of aromatic nitrogens is 1. The Morgan fingerprint density at radius 3 is 2.57 bits per heavy atom. The zero-order valence-corrected chi connectivity index (χ0v) is 17.0. The molecule has 150 valence electrons. The lowest BCUT2D eigenvalue weighted by Gasteiger charge is -2.25. The van der Waals surface area contributed by atoms with Crippen molar-refractivity contribution in [3.63, 3.8) is 0 Å². The summed E-state index contributed by atoms with van der Waals surface area (Å²) in [6.45, 7) is 2.08. The molecule has 0 aliphatic carbocycles. The maximum Gasteiger partial charge on any atom is 0.244 e. The van der Waals surface area contributed by atoms with Crippen LogP contribution < -0.4 is 5.32 Å². The number of morpholine rings is 1. The number of benzene rings is 1. The largest absolute Gasteiger partial charge is 0.379 e. The Kier molecular flexibility index (Phi) is 7.43. The number of hydrogen-bond acceptors (Lipinski definition) is 6. The molecule has 0 atom stereocenters. The van der Waals surface area contributed by atoms with Crippen LogP contribution >= 0.6 is 11.8 Å². The van der Waals surface area contributed by atoms with E-state index in [-0.39, 0.29) is 16.6 Å². The molecule has 7 nitrogen and oxygen atoms in total. The van der Waals surface area contributed by atoms with Crippen LogP contribution in [-0.4, -0.2) is 62.2 Å². The molecule has 0 radical (unpaired) electrons. The number of sulfonamides is 1. The van der Waals surface area contributed by atoms with Crippen molar-refractivity contribution in [2.24, 2.45) is 0 Å². The van der Waals surface area contributed by atoms with E-state index < -0.39 is 10.0 Å². The number of carbonyl (C=O) groups is 1. The van der Waals surface area contributed by atoms with Crippen LogP contribution in [0.25, 0.3) is 0 Å². The molecule has 3 rings (SSSR count). The Morgan fingerprint density at radius 1 is 1.14 bits per heavy atom. The average molecular weight is 422 g/mol. The van der Waals surface area contributed by atoms with Gasteiger partial charge in [0.05, 0.1) is 24.0 Å². The van der Waals surface area contributed by atoms with Gasteiger partial charge in [-0.25, -0.2) is 13.4 Å². The number of nitrogens with one attached hydrogen (secondary N) is 1. The summed E-state index contributed by atoms with van der Waals surface area (Å²) < 4.78 is 31.7. The highest BCUT2D eigenvalue weighted by molar-refractivity contribution is 7.99. The van der Waals surface area contributed by atoms with E-state index in [1.807, 2.05) is 30.3 Å². The number of nitrogens with zero attached hydrogens (tertiary/aromatic N) is 2. The summed E-state index contributed by atoms with van der Waals surface area (Å²) in [5.74, 6) is 0.157. The highest BCUT2D eigenvalue weighted by atomic mass is 32.2. The van der Waals surface area contributed by atoms with Crippen LogP contribution in [0, 0.1) is 0 Å². The van der Waals surface area contributed by atoms with Gasteiger partial charge in [0, 0.05) is 25.8 Å². The molecule has 1 amide bonds. The van der Waals surface area contributed by atoms with Crippen LogP contribution in [0.3, 0.4) is 0 Å². The minimum Gasteiger partial charge on any atom is -0.379 e. The Morgan fingerprint density at radius 2 is 1.89 bits per heavy atom. The lowest BCUT2D eigenvalue weighted by Crippen LogP contribution is -2.40. The molecular formula is C19H23N3O4S2. The van der Waals surface area contributed by atoms with Crippen LogP contribution in [-0.2, 0) is 26.0 Å². The third-order valence-corrected chi connectivity index (χ3v) is 7.07. The van der Waals surface area contributed by atoms with Crippen molar-refractivity contribution in [1.29, 1.82) is 0 Å². The quantitative estimate of drug-likeness (QED) is 0.651. The van der Waals surface area contributed by atoms with Gasteiger partial charge in [-0.2, -0.15) is 4.31 Å². The normalized spacial score (nSPS) is 15.3. The molecule has 28 heavy (non-hydrogen) atoms. The Bertz CT molecular complexity index is 868. The average Bonchev–Trinajstić information content (AvgIpc) is 2.74. The highest BCUT2D eigenvalue weighted by Crippen LogP contribution is 2.20. The van der Waals surface area contributed by atoms with Crippen molar-refractivity contribution in [1.82, 2.24) is 14.6 Å². The Balaban J connectivity index is 1.45. The second kappa shape index (κ2) is 10.0. The fourth-order valence-corrected chi connectivity index (χ4v) is 4.75. The summed E-state index contributed by atoms with van der Waals surface area (Å²) in [6.07, 6.45) is 2.13. The summed E-state index contributed by atoms with van der Waals surface area (Å²) in [6, 6.07) is 13.1. The van der Waals surface area contributed by atoms with Crippen LogP contribution in [0.4, 0.5) is 0 Å². The predicted molar refractivity (Wildman–Crippen MR) is 108 cm³/mol. The van der Waals surface area contributed by atoms with Gasteiger partial charge in [0.25, 0.3) is 0 Å². The zero-order chi connectivity index (χ0) is 19.8. The van der Waals surface area contributed by atoms with Crippen molar-refractivity contribution in [2.75, 3.05) is 38.6 Å². The first kappa shape index (κ1) is 20.8. The van der Waals surface area contributed by atoms with Gasteiger partial charge in [0.2, 0.25) is 15.9 Å². The SMILES string of the molecule is O=C(CSc1ccc(S(=O)(=O)N2CCOCC2)cn1)NCCc1ccccc1. The van der Waals surface area contributed by atoms with Crippen LogP contribution in [0.2, 0.25) is 0 Å². The van der Waals surface area contributed by atoms with Crippen LogP contribution in [0.5, 0.6) is 0 Å². The third-order valence-electron chi connectivity index (χ3n) is 4.25. The van der Waals surface area contributed by atoms with Gasteiger partial charge >= 0.3 is 0 Å². The number of pyridine rings is 1. The molecule has 2 heterocycles. The monoisotopic (exact) mass is 421 g/mol. The molecule has 1 aromatic carbocycles. The number of thioether (sulfide) groups is 1. The second-order valence-corrected chi connectivity index (χ2v) is 9.16. The summed E-state index contributed by atoms with van der Waals surface area (Å²) in [5, 5.41) is 3.49. The predicted octanol–water partition coefficient (Wildman–Crippen LogP) is 1.55. The summed E-state index contributed by atoms with van der Waals surface area (Å²) >= 11 is 1.28. The zero-order valence-electron chi connectivity index (χ0n) is 15.4. The lowest BCUT2D eigenvalue weighted by molar-refractivity contribution is -0.118. The maximum atomic E-state index is 12.6. The second-order valence-electron chi connectivity index (χ2n) is 6.22. The highest BCUT2D eigenvalue weighted by Gasteiger charge is 2.26. The number of amides is 1. The van der Waals surface area contributed by atoms with E-state index in [9.17, 15) is 13.2 Å². The van der Waals surface area contributed by atoms with Crippen LogP contribution in [0.15, 0.2) is 58.6 Å². The first-order valence-electron chi connectivity index (χ1n) is 9.03. The third kappa shape index (κ3) is 5.78. The number of carbonyl (C=O) groups excluding carboxylic acids is 1. The smallest absolute Gasteiger partial charge is 0.244 e. The number of hydrogen-bond donors (Lipinski definition) is 1. The first-order chi connectivity index (χ1) is 13.6. The molecule has 1 aromatic heterocycles. The Hall–Kier alpha value is -1.94. The summed E-state index contributed by atoms with van der Waals surface area (Å²) in [5.41, 5.74) is 1.18. The van der Waals surface area contributed by atoms with Gasteiger partial charge in [0.1, 0.15) is 4.90 Å². The minimum atomic E-state index is -3.55. The fourth-order valence-electron chi connectivity index (χ4n) is 2.72. The van der Waals surface area contributed by atoms with Gasteiger partial charge in [-0.05, 0) is 24.1 Å². The lowest BCUT2D eigenvalue weighted by atomic mass is 10.1. The Labute approximate surface area is 169 Å². The van der Waals surface area contributed by atoms with Crippen molar-refractivity contribution in [3.8, 4) is 0 Å². The minimum absolute atomic E-state index is 0.0762.